The number of benzene rings is 3. The van der Waals surface area contributed by atoms with Gasteiger partial charge < -0.3 is 15.6 Å². The van der Waals surface area contributed by atoms with Gasteiger partial charge in [0.25, 0.3) is 5.91 Å². The predicted octanol–water partition coefficient (Wildman–Crippen LogP) is 6.20. The van der Waals surface area contributed by atoms with E-state index in [0.717, 1.165) is 16.3 Å². The molecule has 2 aromatic heterocycles. The molecule has 0 saturated carbocycles. The number of imidazole rings is 1. The maximum Gasteiger partial charge on any atom is 0.324 e. The highest BCUT2D eigenvalue weighted by Crippen LogP contribution is 2.37. The molecular formula is C28H21FN6O2S. The number of hydrogen-bond donors (Lipinski definition) is 4. The molecule has 0 spiro atoms. The zero-order valence-electron chi connectivity index (χ0n) is 20.1. The lowest BCUT2D eigenvalue weighted by Crippen LogP contribution is -2.19. The summed E-state index contributed by atoms with van der Waals surface area (Å²) in [7, 11) is 0. The molecule has 0 radical (unpaired) electrons. The third kappa shape index (κ3) is 4.41. The largest absolute Gasteiger partial charge is 0.348 e. The maximum atomic E-state index is 15.3. The Hall–Kier alpha value is -4.83. The van der Waals surface area contributed by atoms with Gasteiger partial charge in [-0.15, -0.1) is 11.3 Å². The first-order chi connectivity index (χ1) is 18.5. The second kappa shape index (κ2) is 9.56. The Morgan fingerprint density at radius 2 is 1.82 bits per heavy atom. The van der Waals surface area contributed by atoms with Gasteiger partial charge in [0, 0.05) is 46.2 Å². The van der Waals surface area contributed by atoms with Crippen LogP contribution < -0.4 is 16.0 Å². The fraction of sp³-hybridized carbons (Fsp3) is 0.0714. The van der Waals surface area contributed by atoms with E-state index in [-0.39, 0.29) is 18.1 Å². The summed E-state index contributed by atoms with van der Waals surface area (Å²) in [5, 5.41) is 10.7. The summed E-state index contributed by atoms with van der Waals surface area (Å²) >= 11 is 1.41. The van der Waals surface area contributed by atoms with Crippen molar-refractivity contribution in [2.75, 3.05) is 10.6 Å². The van der Waals surface area contributed by atoms with Crippen LogP contribution in [-0.2, 0) is 6.54 Å². The van der Waals surface area contributed by atoms with Crippen LogP contribution in [0.1, 0.15) is 21.6 Å². The highest BCUT2D eigenvalue weighted by molar-refractivity contribution is 7.13. The molecule has 1 aliphatic rings. The SMILES string of the molecule is Cc1cnc(-c2ccc(-c3ccc(NC(=O)Nc4csc(-c5ccccc5)n4)cc3F)c3c2C(=O)NC3)[nH]1. The van der Waals surface area contributed by atoms with Gasteiger partial charge in [0.1, 0.15) is 22.5 Å². The molecule has 0 bridgehead atoms. The molecule has 3 aromatic carbocycles. The molecule has 3 amide bonds. The average molecular weight is 525 g/mol. The highest BCUT2D eigenvalue weighted by Gasteiger charge is 2.28. The predicted molar refractivity (Wildman–Crippen MR) is 146 cm³/mol. The van der Waals surface area contributed by atoms with Gasteiger partial charge in [-0.05, 0) is 42.3 Å². The molecule has 0 atom stereocenters. The number of urea groups is 1. The second-order valence-electron chi connectivity index (χ2n) is 8.79. The summed E-state index contributed by atoms with van der Waals surface area (Å²) in [6.07, 6.45) is 1.70. The third-order valence-corrected chi connectivity index (χ3v) is 7.10. The standard InChI is InChI=1S/C28H21FN6O2S/c1-15-12-30-25(32-15)20-10-9-18(21-13-31-26(36)24(20)21)19-8-7-17(11-22(19)29)33-28(37)35-23-14-38-27(34-23)16-5-3-2-4-6-16/h2-12,14H,13H2,1H3,(H,30,32)(H,31,36)(H2,33,35,37). The quantitative estimate of drug-likeness (QED) is 0.219. The number of rotatable bonds is 5. The van der Waals surface area contributed by atoms with Gasteiger partial charge in [0.15, 0.2) is 0 Å². The van der Waals surface area contributed by atoms with Gasteiger partial charge in [-0.2, -0.15) is 0 Å². The average Bonchev–Trinajstić information content (AvgIpc) is 3.65. The van der Waals surface area contributed by atoms with E-state index in [9.17, 15) is 9.59 Å². The molecule has 8 nitrogen and oxygen atoms in total. The van der Waals surface area contributed by atoms with Gasteiger partial charge in [-0.25, -0.2) is 19.2 Å². The van der Waals surface area contributed by atoms with Gasteiger partial charge in [0.2, 0.25) is 0 Å². The lowest BCUT2D eigenvalue weighted by atomic mass is 9.92. The van der Waals surface area contributed by atoms with Crippen LogP contribution in [0.2, 0.25) is 0 Å². The van der Waals surface area contributed by atoms with Crippen LogP contribution in [0.4, 0.5) is 20.7 Å². The number of nitrogens with one attached hydrogen (secondary N) is 4. The lowest BCUT2D eigenvalue weighted by Gasteiger charge is -2.13. The van der Waals surface area contributed by atoms with Crippen LogP contribution in [0.15, 0.2) is 72.2 Å². The van der Waals surface area contributed by atoms with E-state index in [0.29, 0.717) is 39.5 Å². The normalized spacial score (nSPS) is 12.2. The van der Waals surface area contributed by atoms with E-state index in [4.69, 9.17) is 0 Å². The Balaban J connectivity index is 1.22. The van der Waals surface area contributed by atoms with Crippen LogP contribution >= 0.6 is 11.3 Å². The van der Waals surface area contributed by atoms with Gasteiger partial charge >= 0.3 is 6.03 Å². The summed E-state index contributed by atoms with van der Waals surface area (Å²) in [5.74, 6) is 0.247. The van der Waals surface area contributed by atoms with Gasteiger partial charge in [-0.1, -0.05) is 36.4 Å². The summed E-state index contributed by atoms with van der Waals surface area (Å²) in [6.45, 7) is 2.17. The number of aryl methyl sites for hydroxylation is 1. The number of aromatic nitrogens is 3. The molecule has 6 rings (SSSR count). The summed E-state index contributed by atoms with van der Waals surface area (Å²) in [6, 6.07) is 17.2. The van der Waals surface area contributed by atoms with E-state index in [1.807, 2.05) is 37.3 Å². The van der Waals surface area contributed by atoms with Crippen LogP contribution in [0, 0.1) is 12.7 Å². The number of thiazole rings is 1. The Labute approximate surface area is 221 Å². The van der Waals surface area contributed by atoms with Crippen molar-refractivity contribution < 1.29 is 14.0 Å². The molecule has 0 unspecified atom stereocenters. The van der Waals surface area contributed by atoms with Crippen LogP contribution in [0.5, 0.6) is 0 Å². The van der Waals surface area contributed by atoms with Crippen LogP contribution in [-0.4, -0.2) is 26.9 Å². The molecule has 38 heavy (non-hydrogen) atoms. The Bertz CT molecular complexity index is 1700. The third-order valence-electron chi connectivity index (χ3n) is 6.21. The first-order valence-corrected chi connectivity index (χ1v) is 12.7. The number of H-pyrrole nitrogens is 1. The van der Waals surface area contributed by atoms with Crippen molar-refractivity contribution in [3.63, 3.8) is 0 Å². The van der Waals surface area contributed by atoms with E-state index < -0.39 is 11.8 Å². The number of fused-ring (bicyclic) bond motifs is 1. The van der Waals surface area contributed by atoms with Crippen molar-refractivity contribution in [2.24, 2.45) is 0 Å². The molecule has 0 fully saturated rings. The molecule has 188 valence electrons. The minimum absolute atomic E-state index is 0.223. The molecule has 1 aliphatic heterocycles. The smallest absolute Gasteiger partial charge is 0.324 e. The van der Waals surface area contributed by atoms with Crippen molar-refractivity contribution in [1.82, 2.24) is 20.3 Å². The van der Waals surface area contributed by atoms with Crippen molar-refractivity contribution in [3.05, 3.63) is 94.9 Å². The molecular weight excluding hydrogens is 503 g/mol. The minimum atomic E-state index is -0.532. The number of anilines is 2. The van der Waals surface area contributed by atoms with Crippen molar-refractivity contribution in [1.29, 1.82) is 0 Å². The van der Waals surface area contributed by atoms with Crippen molar-refractivity contribution >= 4 is 34.8 Å². The minimum Gasteiger partial charge on any atom is -0.348 e. The number of hydrogen-bond acceptors (Lipinski definition) is 5. The fourth-order valence-corrected chi connectivity index (χ4v) is 5.24. The number of carbonyl (C=O) groups excluding carboxylic acids is 2. The second-order valence-corrected chi connectivity index (χ2v) is 9.65. The summed E-state index contributed by atoms with van der Waals surface area (Å²) in [4.78, 5) is 37.1. The number of halogens is 1. The number of carbonyl (C=O) groups is 2. The fourth-order valence-electron chi connectivity index (χ4n) is 4.48. The van der Waals surface area contributed by atoms with Crippen molar-refractivity contribution in [3.8, 4) is 33.1 Å². The molecule has 3 heterocycles. The molecule has 4 N–H and O–H groups in total. The monoisotopic (exact) mass is 524 g/mol. The van der Waals surface area contributed by atoms with Gasteiger partial charge in [0.05, 0.1) is 5.56 Å². The molecule has 0 saturated heterocycles. The zero-order valence-corrected chi connectivity index (χ0v) is 20.9. The van der Waals surface area contributed by atoms with E-state index in [2.05, 4.69) is 30.9 Å². The number of aromatic amines is 1. The molecule has 0 aliphatic carbocycles. The number of amides is 3. The topological polar surface area (TPSA) is 112 Å². The van der Waals surface area contributed by atoms with Gasteiger partial charge in [-0.3, -0.25) is 10.1 Å². The summed E-state index contributed by atoms with van der Waals surface area (Å²) in [5.41, 5.74) is 4.91. The Kier molecular flexibility index (Phi) is 5.93. The van der Waals surface area contributed by atoms with Crippen LogP contribution in [0.3, 0.4) is 0 Å². The summed E-state index contributed by atoms with van der Waals surface area (Å²) < 4.78 is 15.3. The highest BCUT2D eigenvalue weighted by atomic mass is 32.1. The Morgan fingerprint density at radius 1 is 1.03 bits per heavy atom. The Morgan fingerprint density at radius 3 is 2.58 bits per heavy atom. The zero-order chi connectivity index (χ0) is 26.2. The molecule has 5 aromatic rings. The molecule has 10 heteroatoms. The first-order valence-electron chi connectivity index (χ1n) is 11.8. The van der Waals surface area contributed by atoms with E-state index in [1.54, 1.807) is 35.8 Å². The first kappa shape index (κ1) is 23.6. The lowest BCUT2D eigenvalue weighted by molar-refractivity contribution is 0.0966. The van der Waals surface area contributed by atoms with Crippen molar-refractivity contribution in [2.45, 2.75) is 13.5 Å². The maximum absolute atomic E-state index is 15.3. The van der Waals surface area contributed by atoms with E-state index >= 15 is 4.39 Å². The van der Waals surface area contributed by atoms with E-state index in [1.165, 1.54) is 17.4 Å². The van der Waals surface area contributed by atoms with Crippen LogP contribution in [0.25, 0.3) is 33.1 Å². The number of nitrogens with zero attached hydrogens (tertiary/aromatic N) is 2.